The molecule has 0 bridgehead atoms. The smallest absolute Gasteiger partial charge is 0.228 e. The van der Waals surface area contributed by atoms with Gasteiger partial charge in [0.1, 0.15) is 6.26 Å². The molecule has 2 rings (SSSR count). The molecule has 0 radical (unpaired) electrons. The fourth-order valence-electron chi connectivity index (χ4n) is 1.49. The molecule has 0 amide bonds. The second kappa shape index (κ2) is 4.78. The SMILES string of the molecule is CNc1coc(-c2ccc(OC)c(OC)c2)n1. The van der Waals surface area contributed by atoms with Gasteiger partial charge < -0.3 is 19.2 Å². The fraction of sp³-hybridized carbons (Fsp3) is 0.250. The third-order valence-electron chi connectivity index (χ3n) is 2.39. The Kier molecular flexibility index (Phi) is 3.18. The van der Waals surface area contributed by atoms with E-state index in [4.69, 9.17) is 13.9 Å². The highest BCUT2D eigenvalue weighted by Crippen LogP contribution is 2.32. The van der Waals surface area contributed by atoms with E-state index in [0.717, 1.165) is 5.56 Å². The molecule has 0 unspecified atom stereocenters. The predicted molar refractivity (Wildman–Crippen MR) is 64.6 cm³/mol. The van der Waals surface area contributed by atoms with Crippen LogP contribution in [0.5, 0.6) is 11.5 Å². The van der Waals surface area contributed by atoms with Crippen LogP contribution >= 0.6 is 0 Å². The molecule has 0 saturated heterocycles. The number of anilines is 1. The molecule has 5 heteroatoms. The minimum absolute atomic E-state index is 0.537. The topological polar surface area (TPSA) is 56.5 Å². The van der Waals surface area contributed by atoms with Crippen molar-refractivity contribution in [2.45, 2.75) is 0 Å². The molecule has 90 valence electrons. The van der Waals surface area contributed by atoms with Crippen LogP contribution in [0.1, 0.15) is 0 Å². The van der Waals surface area contributed by atoms with Crippen LogP contribution in [0, 0.1) is 0 Å². The maximum atomic E-state index is 5.34. The largest absolute Gasteiger partial charge is 0.493 e. The summed E-state index contributed by atoms with van der Waals surface area (Å²) in [4.78, 5) is 4.26. The molecule has 0 aliphatic carbocycles. The number of methoxy groups -OCH3 is 2. The predicted octanol–water partition coefficient (Wildman–Crippen LogP) is 2.40. The van der Waals surface area contributed by atoms with Gasteiger partial charge in [-0.3, -0.25) is 0 Å². The van der Waals surface area contributed by atoms with Crippen molar-refractivity contribution in [3.05, 3.63) is 24.5 Å². The van der Waals surface area contributed by atoms with Crippen molar-refractivity contribution in [1.82, 2.24) is 4.98 Å². The molecule has 2 aromatic rings. The fourth-order valence-corrected chi connectivity index (χ4v) is 1.49. The summed E-state index contributed by atoms with van der Waals surface area (Å²) in [5, 5.41) is 2.91. The lowest BCUT2D eigenvalue weighted by atomic mass is 10.2. The van der Waals surface area contributed by atoms with E-state index < -0.39 is 0 Å². The Hall–Kier alpha value is -2.17. The summed E-state index contributed by atoms with van der Waals surface area (Å²) in [5.74, 6) is 2.55. The Bertz CT molecular complexity index is 508. The molecular weight excluding hydrogens is 220 g/mol. The molecule has 0 saturated carbocycles. The minimum Gasteiger partial charge on any atom is -0.493 e. The quantitative estimate of drug-likeness (QED) is 0.880. The Morgan fingerprint density at radius 3 is 2.53 bits per heavy atom. The first-order chi connectivity index (χ1) is 8.28. The molecule has 0 spiro atoms. The zero-order chi connectivity index (χ0) is 12.3. The molecule has 17 heavy (non-hydrogen) atoms. The van der Waals surface area contributed by atoms with Crippen LogP contribution in [0.3, 0.4) is 0 Å². The van der Waals surface area contributed by atoms with Gasteiger partial charge in [-0.25, -0.2) is 0 Å². The number of ether oxygens (including phenoxy) is 2. The number of benzene rings is 1. The first-order valence-electron chi connectivity index (χ1n) is 5.14. The Morgan fingerprint density at radius 2 is 1.94 bits per heavy atom. The average molecular weight is 234 g/mol. The van der Waals surface area contributed by atoms with Gasteiger partial charge in [0, 0.05) is 12.6 Å². The number of aromatic nitrogens is 1. The molecule has 1 N–H and O–H groups in total. The zero-order valence-corrected chi connectivity index (χ0v) is 9.98. The Balaban J connectivity index is 2.38. The van der Waals surface area contributed by atoms with Crippen LogP contribution in [0.4, 0.5) is 5.82 Å². The van der Waals surface area contributed by atoms with Crippen molar-refractivity contribution >= 4 is 5.82 Å². The van der Waals surface area contributed by atoms with Crippen molar-refractivity contribution in [3.8, 4) is 23.0 Å². The summed E-state index contributed by atoms with van der Waals surface area (Å²) < 4.78 is 15.7. The first kappa shape index (κ1) is 11.3. The van der Waals surface area contributed by atoms with E-state index in [1.807, 2.05) is 18.2 Å². The van der Waals surface area contributed by atoms with Gasteiger partial charge in [-0.05, 0) is 18.2 Å². The lowest BCUT2D eigenvalue weighted by Gasteiger charge is -2.07. The molecular formula is C12H14N2O3. The molecule has 1 aromatic heterocycles. The molecule has 0 aliphatic rings. The van der Waals surface area contributed by atoms with Gasteiger partial charge in [-0.15, -0.1) is 0 Å². The molecule has 0 aliphatic heterocycles. The number of hydrogen-bond acceptors (Lipinski definition) is 5. The summed E-state index contributed by atoms with van der Waals surface area (Å²) in [6.45, 7) is 0. The van der Waals surface area contributed by atoms with Crippen molar-refractivity contribution in [2.75, 3.05) is 26.6 Å². The van der Waals surface area contributed by atoms with E-state index in [-0.39, 0.29) is 0 Å². The van der Waals surface area contributed by atoms with Crippen LogP contribution in [0.15, 0.2) is 28.9 Å². The highest BCUT2D eigenvalue weighted by atomic mass is 16.5. The van der Waals surface area contributed by atoms with Crippen molar-refractivity contribution in [3.63, 3.8) is 0 Å². The maximum absolute atomic E-state index is 5.34. The van der Waals surface area contributed by atoms with E-state index in [2.05, 4.69) is 10.3 Å². The van der Waals surface area contributed by atoms with E-state index in [1.165, 1.54) is 0 Å². The monoisotopic (exact) mass is 234 g/mol. The van der Waals surface area contributed by atoms with Gasteiger partial charge in [0.25, 0.3) is 0 Å². The lowest BCUT2D eigenvalue weighted by molar-refractivity contribution is 0.355. The molecule has 1 aromatic carbocycles. The van der Waals surface area contributed by atoms with Crippen LogP contribution in [0.2, 0.25) is 0 Å². The Labute approximate surface area is 99.4 Å². The zero-order valence-electron chi connectivity index (χ0n) is 9.98. The summed E-state index contributed by atoms with van der Waals surface area (Å²) in [6.07, 6.45) is 1.56. The molecule has 1 heterocycles. The third-order valence-corrected chi connectivity index (χ3v) is 2.39. The number of nitrogens with zero attached hydrogens (tertiary/aromatic N) is 1. The van der Waals surface area contributed by atoms with E-state index in [0.29, 0.717) is 23.2 Å². The molecule has 0 fully saturated rings. The van der Waals surface area contributed by atoms with Crippen LogP contribution in [0.25, 0.3) is 11.5 Å². The number of rotatable bonds is 4. The average Bonchev–Trinajstić information content (AvgIpc) is 2.86. The van der Waals surface area contributed by atoms with Gasteiger partial charge >= 0.3 is 0 Å². The molecule has 5 nitrogen and oxygen atoms in total. The molecule has 0 atom stereocenters. The third kappa shape index (κ3) is 2.18. The number of hydrogen-bond donors (Lipinski definition) is 1. The second-order valence-electron chi connectivity index (χ2n) is 3.36. The lowest BCUT2D eigenvalue weighted by Crippen LogP contribution is -1.91. The van der Waals surface area contributed by atoms with Crippen molar-refractivity contribution < 1.29 is 13.9 Å². The van der Waals surface area contributed by atoms with E-state index >= 15 is 0 Å². The van der Waals surface area contributed by atoms with Gasteiger partial charge in [0.2, 0.25) is 5.89 Å². The van der Waals surface area contributed by atoms with E-state index in [9.17, 15) is 0 Å². The van der Waals surface area contributed by atoms with Crippen LogP contribution in [-0.4, -0.2) is 26.3 Å². The number of nitrogens with one attached hydrogen (secondary N) is 1. The van der Waals surface area contributed by atoms with Crippen molar-refractivity contribution in [1.29, 1.82) is 0 Å². The van der Waals surface area contributed by atoms with Crippen LogP contribution in [-0.2, 0) is 0 Å². The summed E-state index contributed by atoms with van der Waals surface area (Å²) in [6, 6.07) is 5.51. The van der Waals surface area contributed by atoms with Gasteiger partial charge in [-0.1, -0.05) is 0 Å². The summed E-state index contributed by atoms with van der Waals surface area (Å²) >= 11 is 0. The highest BCUT2D eigenvalue weighted by molar-refractivity contribution is 5.61. The van der Waals surface area contributed by atoms with E-state index in [1.54, 1.807) is 27.5 Å². The Morgan fingerprint density at radius 1 is 1.18 bits per heavy atom. The standard InChI is InChI=1S/C12H14N2O3/c1-13-11-7-17-12(14-11)8-4-5-9(15-2)10(6-8)16-3/h4-7,13H,1-3H3. The summed E-state index contributed by atoms with van der Waals surface area (Å²) in [5.41, 5.74) is 0.837. The number of oxazole rings is 1. The second-order valence-corrected chi connectivity index (χ2v) is 3.36. The summed E-state index contributed by atoms with van der Waals surface area (Å²) in [7, 11) is 4.98. The normalized spacial score (nSPS) is 10.1. The van der Waals surface area contributed by atoms with Gasteiger partial charge in [-0.2, -0.15) is 4.98 Å². The van der Waals surface area contributed by atoms with Gasteiger partial charge in [0.15, 0.2) is 17.3 Å². The van der Waals surface area contributed by atoms with Crippen LogP contribution < -0.4 is 14.8 Å². The minimum atomic E-state index is 0.537. The van der Waals surface area contributed by atoms with Crippen molar-refractivity contribution in [2.24, 2.45) is 0 Å². The maximum Gasteiger partial charge on any atom is 0.228 e. The van der Waals surface area contributed by atoms with Gasteiger partial charge in [0.05, 0.1) is 14.2 Å². The first-order valence-corrected chi connectivity index (χ1v) is 5.14. The highest BCUT2D eigenvalue weighted by Gasteiger charge is 2.10.